The van der Waals surface area contributed by atoms with E-state index in [-0.39, 0.29) is 18.2 Å². The van der Waals surface area contributed by atoms with Crippen LogP contribution in [0.15, 0.2) is 60.7 Å². The van der Waals surface area contributed by atoms with Crippen LogP contribution in [0.5, 0.6) is 0 Å². The molecule has 0 atom stereocenters. The van der Waals surface area contributed by atoms with Gasteiger partial charge in [-0.15, -0.1) is 11.3 Å². The van der Waals surface area contributed by atoms with Crippen molar-refractivity contribution in [1.82, 2.24) is 20.6 Å². The number of thiophene rings is 1. The SMILES string of the molecule is Cc1nn(-c2ccccc2)c2sc(C(=O)NNC(=O)Cc3ccc(Cl)cc3)cc12. The predicted octanol–water partition coefficient (Wildman–Crippen LogP) is 4.05. The fraction of sp³-hybridized carbons (Fsp3) is 0.0952. The fourth-order valence-electron chi connectivity index (χ4n) is 2.92. The highest BCUT2D eigenvalue weighted by Crippen LogP contribution is 2.30. The summed E-state index contributed by atoms with van der Waals surface area (Å²) < 4.78 is 1.82. The molecular formula is C21H17ClN4O2S. The third-order valence-electron chi connectivity index (χ3n) is 4.36. The molecule has 2 aromatic heterocycles. The van der Waals surface area contributed by atoms with E-state index in [2.05, 4.69) is 16.0 Å². The van der Waals surface area contributed by atoms with Gasteiger partial charge in [-0.2, -0.15) is 5.10 Å². The van der Waals surface area contributed by atoms with Crippen LogP contribution in [0.25, 0.3) is 15.9 Å². The predicted molar refractivity (Wildman–Crippen MR) is 114 cm³/mol. The van der Waals surface area contributed by atoms with Crippen molar-refractivity contribution in [3.63, 3.8) is 0 Å². The van der Waals surface area contributed by atoms with Gasteiger partial charge in [0.25, 0.3) is 5.91 Å². The summed E-state index contributed by atoms with van der Waals surface area (Å²) >= 11 is 7.17. The number of benzene rings is 2. The topological polar surface area (TPSA) is 76.0 Å². The van der Waals surface area contributed by atoms with Crippen molar-refractivity contribution in [2.24, 2.45) is 0 Å². The molecule has 4 rings (SSSR count). The Morgan fingerprint density at radius 2 is 1.79 bits per heavy atom. The van der Waals surface area contributed by atoms with Crippen LogP contribution in [0.3, 0.4) is 0 Å². The van der Waals surface area contributed by atoms with Crippen LogP contribution in [-0.2, 0) is 11.2 Å². The number of carbonyl (C=O) groups is 2. The second-order valence-corrected chi connectivity index (χ2v) is 7.93. The first kappa shape index (κ1) is 19.2. The van der Waals surface area contributed by atoms with Gasteiger partial charge in [-0.1, -0.05) is 41.9 Å². The highest BCUT2D eigenvalue weighted by molar-refractivity contribution is 7.20. The Kier molecular flexibility index (Phi) is 5.33. The number of halogens is 1. The van der Waals surface area contributed by atoms with Crippen LogP contribution >= 0.6 is 22.9 Å². The third-order valence-corrected chi connectivity index (χ3v) is 5.72. The maximum absolute atomic E-state index is 12.5. The van der Waals surface area contributed by atoms with Gasteiger partial charge in [-0.3, -0.25) is 20.4 Å². The van der Waals surface area contributed by atoms with Crippen molar-refractivity contribution >= 4 is 45.0 Å². The molecule has 0 saturated heterocycles. The second-order valence-electron chi connectivity index (χ2n) is 6.47. The van der Waals surface area contributed by atoms with Gasteiger partial charge in [0.2, 0.25) is 5.91 Å². The Balaban J connectivity index is 1.46. The molecule has 0 spiro atoms. The van der Waals surface area contributed by atoms with Crippen molar-refractivity contribution in [2.75, 3.05) is 0 Å². The highest BCUT2D eigenvalue weighted by Gasteiger charge is 2.17. The third kappa shape index (κ3) is 4.16. The number of hydrogen-bond acceptors (Lipinski definition) is 4. The van der Waals surface area contributed by atoms with Gasteiger partial charge in [0, 0.05) is 10.4 Å². The van der Waals surface area contributed by atoms with Crippen molar-refractivity contribution in [3.05, 3.63) is 81.8 Å². The van der Waals surface area contributed by atoms with E-state index in [4.69, 9.17) is 11.6 Å². The first-order chi connectivity index (χ1) is 14.0. The molecule has 2 aromatic carbocycles. The van der Waals surface area contributed by atoms with Crippen LogP contribution in [0.4, 0.5) is 0 Å². The monoisotopic (exact) mass is 424 g/mol. The summed E-state index contributed by atoms with van der Waals surface area (Å²) in [6, 6.07) is 18.5. The molecule has 0 unspecified atom stereocenters. The number of hydrazine groups is 1. The van der Waals surface area contributed by atoms with Crippen molar-refractivity contribution in [1.29, 1.82) is 0 Å². The minimum atomic E-state index is -0.366. The number of fused-ring (bicyclic) bond motifs is 1. The molecule has 6 nitrogen and oxygen atoms in total. The number of rotatable bonds is 4. The average molecular weight is 425 g/mol. The van der Waals surface area contributed by atoms with Crippen LogP contribution in [0.2, 0.25) is 5.02 Å². The molecule has 8 heteroatoms. The highest BCUT2D eigenvalue weighted by atomic mass is 35.5. The van der Waals surface area contributed by atoms with Crippen LogP contribution < -0.4 is 10.9 Å². The zero-order valence-corrected chi connectivity index (χ0v) is 17.1. The number of nitrogens with zero attached hydrogens (tertiary/aromatic N) is 2. The first-order valence-corrected chi connectivity index (χ1v) is 10.1. The summed E-state index contributed by atoms with van der Waals surface area (Å²) in [5, 5.41) is 6.09. The van der Waals surface area contributed by atoms with E-state index >= 15 is 0 Å². The quantitative estimate of drug-likeness (QED) is 0.485. The summed E-state index contributed by atoms with van der Waals surface area (Å²) in [5.74, 6) is -0.678. The fourth-order valence-corrected chi connectivity index (χ4v) is 4.13. The van der Waals surface area contributed by atoms with Gasteiger partial charge in [-0.25, -0.2) is 4.68 Å². The molecule has 2 amide bonds. The molecular weight excluding hydrogens is 408 g/mol. The molecule has 0 fully saturated rings. The molecule has 2 N–H and O–H groups in total. The number of aromatic nitrogens is 2. The molecule has 146 valence electrons. The Bertz CT molecular complexity index is 1180. The maximum atomic E-state index is 12.5. The molecule has 0 bridgehead atoms. The van der Waals surface area contributed by atoms with E-state index in [1.165, 1.54) is 11.3 Å². The molecule has 4 aromatic rings. The zero-order chi connectivity index (χ0) is 20.4. The lowest BCUT2D eigenvalue weighted by Gasteiger charge is -2.06. The van der Waals surface area contributed by atoms with Crippen molar-refractivity contribution in [3.8, 4) is 5.69 Å². The lowest BCUT2D eigenvalue weighted by Crippen LogP contribution is -2.42. The average Bonchev–Trinajstić information content (AvgIpc) is 3.29. The Labute approximate surface area is 176 Å². The number of carbonyl (C=O) groups excluding carboxylic acids is 2. The normalized spacial score (nSPS) is 10.8. The minimum absolute atomic E-state index is 0.145. The van der Waals surface area contributed by atoms with Crippen molar-refractivity contribution in [2.45, 2.75) is 13.3 Å². The van der Waals surface area contributed by atoms with Crippen LogP contribution in [0.1, 0.15) is 20.9 Å². The molecule has 0 aliphatic rings. The second kappa shape index (κ2) is 8.06. The smallest absolute Gasteiger partial charge is 0.273 e. The Morgan fingerprint density at radius 1 is 1.07 bits per heavy atom. The Morgan fingerprint density at radius 3 is 2.52 bits per heavy atom. The minimum Gasteiger partial charge on any atom is -0.273 e. The molecule has 0 aliphatic carbocycles. The van der Waals surface area contributed by atoms with Gasteiger partial charge in [-0.05, 0) is 42.8 Å². The van der Waals surface area contributed by atoms with Gasteiger partial charge < -0.3 is 0 Å². The van der Waals surface area contributed by atoms with Crippen LogP contribution in [-0.4, -0.2) is 21.6 Å². The molecule has 0 saturated carbocycles. The molecule has 0 radical (unpaired) electrons. The van der Waals surface area contributed by atoms with E-state index in [0.29, 0.717) is 9.90 Å². The van der Waals surface area contributed by atoms with Gasteiger partial charge in [0.05, 0.1) is 22.7 Å². The lowest BCUT2D eigenvalue weighted by molar-refractivity contribution is -0.121. The Hall–Kier alpha value is -3.16. The van der Waals surface area contributed by atoms with Crippen LogP contribution in [0, 0.1) is 6.92 Å². The summed E-state index contributed by atoms with van der Waals surface area (Å²) in [7, 11) is 0. The largest absolute Gasteiger partial charge is 0.279 e. The summed E-state index contributed by atoms with van der Waals surface area (Å²) in [4.78, 5) is 26.0. The maximum Gasteiger partial charge on any atom is 0.279 e. The van der Waals surface area contributed by atoms with E-state index in [1.807, 2.05) is 41.9 Å². The molecule has 29 heavy (non-hydrogen) atoms. The standard InChI is InChI=1S/C21H17ClN4O2S/c1-13-17-12-18(29-21(17)26(25-13)16-5-3-2-4-6-16)20(28)24-23-19(27)11-14-7-9-15(22)10-8-14/h2-10,12H,11H2,1H3,(H,23,27)(H,24,28). The first-order valence-electron chi connectivity index (χ1n) is 8.89. The summed E-state index contributed by atoms with van der Waals surface area (Å²) in [6.45, 7) is 1.91. The number of amides is 2. The van der Waals surface area contributed by atoms with E-state index in [9.17, 15) is 9.59 Å². The number of nitrogens with one attached hydrogen (secondary N) is 2. The summed E-state index contributed by atoms with van der Waals surface area (Å²) in [5.41, 5.74) is 7.50. The van der Waals surface area contributed by atoms with Crippen molar-refractivity contribution < 1.29 is 9.59 Å². The van der Waals surface area contributed by atoms with Gasteiger partial charge >= 0.3 is 0 Å². The molecule has 0 aliphatic heterocycles. The van der Waals surface area contributed by atoms with Gasteiger partial charge in [0.1, 0.15) is 4.83 Å². The number of aryl methyl sites for hydroxylation is 1. The number of para-hydroxylation sites is 1. The number of hydrogen-bond donors (Lipinski definition) is 2. The zero-order valence-electron chi connectivity index (χ0n) is 15.5. The summed E-state index contributed by atoms with van der Waals surface area (Å²) in [6.07, 6.45) is 0.145. The van der Waals surface area contributed by atoms with E-state index in [1.54, 1.807) is 30.3 Å². The van der Waals surface area contributed by atoms with Gasteiger partial charge in [0.15, 0.2) is 0 Å². The molecule has 2 heterocycles. The van der Waals surface area contributed by atoms with E-state index in [0.717, 1.165) is 27.2 Å². The van der Waals surface area contributed by atoms with E-state index < -0.39 is 0 Å². The lowest BCUT2D eigenvalue weighted by atomic mass is 10.1.